The fourth-order valence-electron chi connectivity index (χ4n) is 4.55. The van der Waals surface area contributed by atoms with Crippen molar-refractivity contribution in [3.05, 3.63) is 58.2 Å². The van der Waals surface area contributed by atoms with Gasteiger partial charge in [-0.25, -0.2) is 4.98 Å². The van der Waals surface area contributed by atoms with E-state index in [0.29, 0.717) is 48.4 Å². The van der Waals surface area contributed by atoms with Gasteiger partial charge in [-0.05, 0) is 30.8 Å². The van der Waals surface area contributed by atoms with Crippen molar-refractivity contribution in [2.75, 3.05) is 74.6 Å². The number of hydrogen-bond donors (Lipinski definition) is 1. The van der Waals surface area contributed by atoms with Crippen molar-refractivity contribution in [3.8, 4) is 11.1 Å². The van der Waals surface area contributed by atoms with E-state index in [0.717, 1.165) is 48.8 Å². The minimum atomic E-state index is -0.00957. The lowest BCUT2D eigenvalue weighted by molar-refractivity contribution is 0.121. The Kier molecular flexibility index (Phi) is 6.30. The Morgan fingerprint density at radius 3 is 2.53 bits per heavy atom. The maximum atomic E-state index is 12.8. The number of hydrogen-bond acceptors (Lipinski definition) is 10. The number of likely N-dealkylation sites (N-methyl/N-ethyl adjacent to an activating group) is 1. The summed E-state index contributed by atoms with van der Waals surface area (Å²) in [6.45, 7) is 6.67. The van der Waals surface area contributed by atoms with Gasteiger partial charge >= 0.3 is 0 Å². The third-order valence-corrected chi connectivity index (χ3v) is 7.65. The lowest BCUT2D eigenvalue weighted by Gasteiger charge is -2.33. The van der Waals surface area contributed by atoms with E-state index in [1.54, 1.807) is 12.3 Å². The highest BCUT2D eigenvalue weighted by atomic mass is 32.1. The quantitative estimate of drug-likeness (QED) is 0.438. The number of ether oxygens (including phenoxy) is 1. The summed E-state index contributed by atoms with van der Waals surface area (Å²) in [7, 11) is 2.14. The van der Waals surface area contributed by atoms with Crippen LogP contribution < -0.4 is 20.5 Å². The van der Waals surface area contributed by atoms with Gasteiger partial charge in [0.05, 0.1) is 13.2 Å². The van der Waals surface area contributed by atoms with Gasteiger partial charge in [0.15, 0.2) is 11.5 Å². The monoisotopic (exact) mass is 504 g/mol. The fourth-order valence-corrected chi connectivity index (χ4v) is 5.46. The average molecular weight is 505 g/mol. The summed E-state index contributed by atoms with van der Waals surface area (Å²) in [4.78, 5) is 28.6. The number of fused-ring (bicyclic) bond motifs is 1. The number of benzene rings is 1. The highest BCUT2D eigenvalue weighted by molar-refractivity contribution is 7.17. The zero-order chi connectivity index (χ0) is 24.5. The van der Waals surface area contributed by atoms with Gasteiger partial charge in [0.2, 0.25) is 11.4 Å². The largest absolute Gasteiger partial charge is 0.439 e. The first kappa shape index (κ1) is 23.0. The summed E-state index contributed by atoms with van der Waals surface area (Å²) in [5.41, 5.74) is 3.43. The summed E-state index contributed by atoms with van der Waals surface area (Å²) in [6, 6.07) is 11.6. The summed E-state index contributed by atoms with van der Waals surface area (Å²) < 4.78 is 12.3. The van der Waals surface area contributed by atoms with Crippen molar-refractivity contribution >= 4 is 45.0 Å². The first-order valence-corrected chi connectivity index (χ1v) is 13.0. The van der Waals surface area contributed by atoms with Crippen molar-refractivity contribution in [2.24, 2.45) is 0 Å². The highest BCUT2D eigenvalue weighted by Crippen LogP contribution is 2.35. The van der Waals surface area contributed by atoms with Gasteiger partial charge in [-0.1, -0.05) is 12.1 Å². The molecule has 5 heterocycles. The van der Waals surface area contributed by atoms with E-state index >= 15 is 0 Å². The predicted molar refractivity (Wildman–Crippen MR) is 144 cm³/mol. The number of rotatable bonds is 5. The molecule has 6 rings (SSSR count). The van der Waals surface area contributed by atoms with Gasteiger partial charge in [0.1, 0.15) is 10.5 Å². The van der Waals surface area contributed by atoms with Gasteiger partial charge in [-0.2, -0.15) is 4.98 Å². The van der Waals surface area contributed by atoms with E-state index in [1.165, 1.54) is 11.3 Å². The van der Waals surface area contributed by atoms with Crippen molar-refractivity contribution < 1.29 is 9.15 Å². The van der Waals surface area contributed by atoms with Crippen LogP contribution in [0.15, 0.2) is 57.2 Å². The number of piperazine rings is 1. The molecular weight excluding hydrogens is 476 g/mol. The number of nitrogens with zero attached hydrogens (tertiary/aromatic N) is 5. The Balaban J connectivity index is 1.22. The lowest BCUT2D eigenvalue weighted by atomic mass is 10.1. The second-order valence-corrected chi connectivity index (χ2v) is 9.97. The van der Waals surface area contributed by atoms with Gasteiger partial charge < -0.3 is 29.2 Å². The van der Waals surface area contributed by atoms with E-state index in [-0.39, 0.29) is 5.43 Å². The van der Waals surface area contributed by atoms with Crippen molar-refractivity contribution in [1.29, 1.82) is 0 Å². The molecule has 2 fully saturated rings. The van der Waals surface area contributed by atoms with E-state index in [1.807, 2.05) is 35.7 Å². The van der Waals surface area contributed by atoms with Crippen LogP contribution in [0.4, 0.5) is 23.3 Å². The molecule has 0 atom stereocenters. The summed E-state index contributed by atoms with van der Waals surface area (Å²) in [5.74, 6) is 2.11. The Morgan fingerprint density at radius 1 is 0.972 bits per heavy atom. The molecule has 1 N–H and O–H groups in total. The van der Waals surface area contributed by atoms with Crippen LogP contribution in [-0.2, 0) is 4.74 Å². The molecule has 2 aliphatic heterocycles. The van der Waals surface area contributed by atoms with Crippen LogP contribution in [0.5, 0.6) is 0 Å². The van der Waals surface area contributed by atoms with Crippen LogP contribution in [0.2, 0.25) is 0 Å². The van der Waals surface area contributed by atoms with Crippen molar-refractivity contribution in [3.63, 3.8) is 0 Å². The second kappa shape index (κ2) is 9.88. The van der Waals surface area contributed by atoms with E-state index in [4.69, 9.17) is 14.1 Å². The van der Waals surface area contributed by atoms with E-state index in [2.05, 4.69) is 32.0 Å². The van der Waals surface area contributed by atoms with Gasteiger partial charge in [-0.3, -0.25) is 4.79 Å². The van der Waals surface area contributed by atoms with Crippen molar-refractivity contribution in [2.45, 2.75) is 0 Å². The van der Waals surface area contributed by atoms with Gasteiger partial charge in [-0.15, -0.1) is 11.3 Å². The fraction of sp³-hybridized carbons (Fsp3) is 0.346. The number of anilines is 4. The standard InChI is InChI=1S/C26H28N6O3S/c1-30-8-10-31(11-9-30)22-6-7-27-26(29-22)28-19-4-2-18(3-5-19)20-17-36-25-21(33)16-23(35-24(20)25)32-12-14-34-15-13-32/h2-7,16-17H,8-15H2,1H3,(H,27,28,29). The number of nitrogens with one attached hydrogen (secondary N) is 1. The molecule has 0 unspecified atom stereocenters. The molecule has 0 saturated carbocycles. The average Bonchev–Trinajstić information content (AvgIpc) is 3.35. The van der Waals surface area contributed by atoms with E-state index in [9.17, 15) is 4.79 Å². The minimum absolute atomic E-state index is 0.00957. The molecule has 3 aromatic heterocycles. The molecule has 186 valence electrons. The Labute approximate surface area is 212 Å². The first-order valence-electron chi connectivity index (χ1n) is 12.2. The predicted octanol–water partition coefficient (Wildman–Crippen LogP) is 3.64. The third kappa shape index (κ3) is 4.67. The van der Waals surface area contributed by atoms with Crippen LogP contribution >= 0.6 is 11.3 Å². The SMILES string of the molecule is CN1CCN(c2ccnc(Nc3ccc(-c4csc5c(=O)cc(N6CCOCC6)oc45)cc3)n2)CC1. The zero-order valence-electron chi connectivity index (χ0n) is 20.1. The first-order chi connectivity index (χ1) is 17.6. The zero-order valence-corrected chi connectivity index (χ0v) is 21.0. The second-order valence-electron chi connectivity index (χ2n) is 9.09. The van der Waals surface area contributed by atoms with E-state index < -0.39 is 0 Å². The molecule has 0 radical (unpaired) electrons. The Morgan fingerprint density at radius 2 is 1.75 bits per heavy atom. The molecule has 36 heavy (non-hydrogen) atoms. The molecular formula is C26H28N6O3S. The summed E-state index contributed by atoms with van der Waals surface area (Å²) in [5, 5.41) is 5.30. The van der Waals surface area contributed by atoms with Crippen LogP contribution in [0.3, 0.4) is 0 Å². The molecule has 0 spiro atoms. The molecule has 0 aliphatic carbocycles. The molecule has 0 amide bonds. The normalized spacial score (nSPS) is 17.0. The van der Waals surface area contributed by atoms with Gasteiger partial charge in [0, 0.05) is 68.2 Å². The van der Waals surface area contributed by atoms with Crippen LogP contribution in [0.1, 0.15) is 0 Å². The molecule has 2 saturated heterocycles. The molecule has 4 aromatic rings. The maximum absolute atomic E-state index is 12.8. The van der Waals surface area contributed by atoms with Crippen LogP contribution in [-0.4, -0.2) is 74.4 Å². The minimum Gasteiger partial charge on any atom is -0.439 e. The number of aromatic nitrogens is 2. The third-order valence-electron chi connectivity index (χ3n) is 6.67. The lowest BCUT2D eigenvalue weighted by Crippen LogP contribution is -2.44. The number of morpholine rings is 1. The van der Waals surface area contributed by atoms with Crippen LogP contribution in [0.25, 0.3) is 21.4 Å². The summed E-state index contributed by atoms with van der Waals surface area (Å²) in [6.07, 6.45) is 1.79. The molecule has 2 aliphatic rings. The Hall–Kier alpha value is -3.47. The number of thiophene rings is 1. The van der Waals surface area contributed by atoms with Crippen molar-refractivity contribution in [1.82, 2.24) is 14.9 Å². The topological polar surface area (TPSA) is 87.0 Å². The van der Waals surface area contributed by atoms with Gasteiger partial charge in [0.25, 0.3) is 0 Å². The molecule has 10 heteroatoms. The molecule has 9 nitrogen and oxygen atoms in total. The highest BCUT2D eigenvalue weighted by Gasteiger charge is 2.19. The smallest absolute Gasteiger partial charge is 0.229 e. The molecule has 1 aromatic carbocycles. The molecule has 0 bridgehead atoms. The maximum Gasteiger partial charge on any atom is 0.229 e. The summed E-state index contributed by atoms with van der Waals surface area (Å²) >= 11 is 1.42. The Bertz CT molecular complexity index is 1410. The van der Waals surface area contributed by atoms with Crippen LogP contribution in [0, 0.1) is 0 Å².